The van der Waals surface area contributed by atoms with E-state index in [1.54, 1.807) is 11.8 Å². The van der Waals surface area contributed by atoms with Crippen LogP contribution in [0.5, 0.6) is 0 Å². The van der Waals surface area contributed by atoms with E-state index in [0.29, 0.717) is 0 Å². The molecule has 3 nitrogen and oxygen atoms in total. The molecule has 1 aromatic carbocycles. The summed E-state index contributed by atoms with van der Waals surface area (Å²) in [5.74, 6) is 1.59. The number of hydrogen-bond acceptors (Lipinski definition) is 4. The molecule has 2 rings (SSSR count). The Balaban J connectivity index is 1.95. The van der Waals surface area contributed by atoms with Gasteiger partial charge in [-0.05, 0) is 36.8 Å². The number of hydrogen-bond donors (Lipinski definition) is 1. The Morgan fingerprint density at radius 2 is 2.00 bits per heavy atom. The van der Waals surface area contributed by atoms with Crippen molar-refractivity contribution >= 4 is 23.4 Å². The Bertz CT molecular complexity index is 545. The Morgan fingerprint density at radius 1 is 1.25 bits per heavy atom. The monoisotopic (exact) mass is 307 g/mol. The zero-order valence-electron chi connectivity index (χ0n) is 11.4. The largest absolute Gasteiger partial charge is 0.327 e. The topological polar surface area (TPSA) is 51.8 Å². The standard InChI is InChI=1S/C15H18ClN3S/c1-2-12(17)9-13-7-8-18-15(19-13)10-20-14-5-3-11(16)4-6-14/h3-8,12H,2,9-10,17H2,1H3. The number of benzene rings is 1. The van der Waals surface area contributed by atoms with E-state index >= 15 is 0 Å². The van der Waals surface area contributed by atoms with Crippen molar-refractivity contribution in [2.45, 2.75) is 36.5 Å². The van der Waals surface area contributed by atoms with Gasteiger partial charge in [-0.3, -0.25) is 0 Å². The van der Waals surface area contributed by atoms with Gasteiger partial charge in [0.25, 0.3) is 0 Å². The van der Waals surface area contributed by atoms with Crippen LogP contribution in [0.2, 0.25) is 5.02 Å². The van der Waals surface area contributed by atoms with Crippen LogP contribution in [0.15, 0.2) is 41.4 Å². The number of nitrogens with zero attached hydrogens (tertiary/aromatic N) is 2. The van der Waals surface area contributed by atoms with Gasteiger partial charge < -0.3 is 5.73 Å². The number of rotatable bonds is 6. The summed E-state index contributed by atoms with van der Waals surface area (Å²) in [6.45, 7) is 2.09. The van der Waals surface area contributed by atoms with E-state index in [1.807, 2.05) is 36.5 Å². The van der Waals surface area contributed by atoms with Gasteiger partial charge in [0.05, 0.1) is 5.75 Å². The van der Waals surface area contributed by atoms with Crippen molar-refractivity contribution in [1.82, 2.24) is 9.97 Å². The lowest BCUT2D eigenvalue weighted by molar-refractivity contribution is 0.634. The first-order valence-electron chi connectivity index (χ1n) is 6.62. The van der Waals surface area contributed by atoms with Gasteiger partial charge in [0.1, 0.15) is 5.82 Å². The molecule has 1 atom stereocenters. The highest BCUT2D eigenvalue weighted by Gasteiger charge is 2.05. The van der Waals surface area contributed by atoms with Crippen molar-refractivity contribution in [3.63, 3.8) is 0 Å². The molecule has 5 heteroatoms. The van der Waals surface area contributed by atoms with Crippen molar-refractivity contribution in [3.05, 3.63) is 53.1 Å². The summed E-state index contributed by atoms with van der Waals surface area (Å²) in [5, 5.41) is 0.751. The molecule has 0 aliphatic carbocycles. The van der Waals surface area contributed by atoms with Gasteiger partial charge in [-0.2, -0.15) is 0 Å². The highest BCUT2D eigenvalue weighted by molar-refractivity contribution is 7.98. The van der Waals surface area contributed by atoms with E-state index < -0.39 is 0 Å². The average molecular weight is 308 g/mol. The minimum absolute atomic E-state index is 0.168. The van der Waals surface area contributed by atoms with Crippen LogP contribution in [0.3, 0.4) is 0 Å². The third-order valence-corrected chi connectivity index (χ3v) is 4.20. The molecule has 0 saturated carbocycles. The van der Waals surface area contributed by atoms with Crippen LogP contribution in [-0.4, -0.2) is 16.0 Å². The van der Waals surface area contributed by atoms with Gasteiger partial charge >= 0.3 is 0 Å². The Hall–Kier alpha value is -1.10. The first-order chi connectivity index (χ1) is 9.67. The van der Waals surface area contributed by atoms with Crippen LogP contribution in [0, 0.1) is 0 Å². The van der Waals surface area contributed by atoms with Gasteiger partial charge in [0.2, 0.25) is 0 Å². The average Bonchev–Trinajstić information content (AvgIpc) is 2.47. The highest BCUT2D eigenvalue weighted by Crippen LogP contribution is 2.23. The van der Waals surface area contributed by atoms with Crippen molar-refractivity contribution < 1.29 is 0 Å². The predicted octanol–water partition coefficient (Wildman–Crippen LogP) is 3.70. The summed E-state index contributed by atoms with van der Waals surface area (Å²) in [5.41, 5.74) is 6.97. The van der Waals surface area contributed by atoms with Crippen LogP contribution in [-0.2, 0) is 12.2 Å². The fraction of sp³-hybridized carbons (Fsp3) is 0.333. The summed E-state index contributed by atoms with van der Waals surface area (Å²) in [6, 6.07) is 9.89. The fourth-order valence-corrected chi connectivity index (χ4v) is 2.61. The molecule has 0 aliphatic heterocycles. The lowest BCUT2D eigenvalue weighted by atomic mass is 10.1. The van der Waals surface area contributed by atoms with Crippen molar-refractivity contribution in [2.75, 3.05) is 0 Å². The van der Waals surface area contributed by atoms with E-state index in [-0.39, 0.29) is 6.04 Å². The lowest BCUT2D eigenvalue weighted by Crippen LogP contribution is -2.22. The second-order valence-electron chi connectivity index (χ2n) is 4.58. The fourth-order valence-electron chi connectivity index (χ4n) is 1.72. The van der Waals surface area contributed by atoms with Gasteiger partial charge in [0.15, 0.2) is 0 Å². The number of aromatic nitrogens is 2. The molecule has 0 saturated heterocycles. The SMILES string of the molecule is CCC(N)Cc1ccnc(CSc2ccc(Cl)cc2)n1. The molecule has 1 aromatic heterocycles. The summed E-state index contributed by atoms with van der Waals surface area (Å²) in [4.78, 5) is 10.0. The molecule has 1 unspecified atom stereocenters. The molecule has 0 amide bonds. The van der Waals surface area contributed by atoms with Crippen LogP contribution >= 0.6 is 23.4 Å². The maximum atomic E-state index is 5.96. The summed E-state index contributed by atoms with van der Waals surface area (Å²) in [7, 11) is 0. The van der Waals surface area contributed by atoms with Gasteiger partial charge in [-0.15, -0.1) is 11.8 Å². The molecule has 0 fully saturated rings. The zero-order chi connectivity index (χ0) is 14.4. The zero-order valence-corrected chi connectivity index (χ0v) is 13.0. The lowest BCUT2D eigenvalue weighted by Gasteiger charge is -2.08. The van der Waals surface area contributed by atoms with Crippen LogP contribution in [0.25, 0.3) is 0 Å². The second kappa shape index (κ2) is 7.62. The van der Waals surface area contributed by atoms with E-state index in [0.717, 1.165) is 40.0 Å². The molecular formula is C15H18ClN3S. The van der Waals surface area contributed by atoms with Crippen molar-refractivity contribution in [1.29, 1.82) is 0 Å². The third-order valence-electron chi connectivity index (χ3n) is 2.94. The predicted molar refractivity (Wildman–Crippen MR) is 85.0 cm³/mol. The van der Waals surface area contributed by atoms with Crippen LogP contribution < -0.4 is 5.73 Å². The van der Waals surface area contributed by atoms with E-state index in [4.69, 9.17) is 17.3 Å². The molecule has 0 spiro atoms. The minimum atomic E-state index is 0.168. The molecule has 106 valence electrons. The summed E-state index contributed by atoms with van der Waals surface area (Å²) < 4.78 is 0. The molecule has 20 heavy (non-hydrogen) atoms. The highest BCUT2D eigenvalue weighted by atomic mass is 35.5. The van der Waals surface area contributed by atoms with Gasteiger partial charge in [-0.1, -0.05) is 18.5 Å². The Morgan fingerprint density at radius 3 is 2.70 bits per heavy atom. The molecule has 2 aromatic rings. The quantitative estimate of drug-likeness (QED) is 0.827. The normalized spacial score (nSPS) is 12.3. The molecular weight excluding hydrogens is 290 g/mol. The molecule has 0 aliphatic rings. The first kappa shape index (κ1) is 15.3. The number of nitrogens with two attached hydrogens (primary N) is 1. The second-order valence-corrected chi connectivity index (χ2v) is 6.06. The van der Waals surface area contributed by atoms with Gasteiger partial charge in [0, 0.05) is 34.3 Å². The van der Waals surface area contributed by atoms with Crippen molar-refractivity contribution in [2.24, 2.45) is 5.73 Å². The third kappa shape index (κ3) is 4.78. The van der Waals surface area contributed by atoms with Crippen molar-refractivity contribution in [3.8, 4) is 0 Å². The summed E-state index contributed by atoms with van der Waals surface area (Å²) in [6.07, 6.45) is 3.57. The Kier molecular flexibility index (Phi) is 5.83. The van der Waals surface area contributed by atoms with Gasteiger partial charge in [-0.25, -0.2) is 9.97 Å². The van der Waals surface area contributed by atoms with E-state index in [1.165, 1.54) is 0 Å². The molecule has 0 bridgehead atoms. The molecule has 1 heterocycles. The maximum absolute atomic E-state index is 5.96. The van der Waals surface area contributed by atoms with E-state index in [2.05, 4.69) is 16.9 Å². The van der Waals surface area contributed by atoms with Crippen LogP contribution in [0.1, 0.15) is 24.9 Å². The maximum Gasteiger partial charge on any atom is 0.138 e. The number of thioether (sulfide) groups is 1. The first-order valence-corrected chi connectivity index (χ1v) is 7.98. The Labute approximate surface area is 129 Å². The minimum Gasteiger partial charge on any atom is -0.327 e. The molecule has 2 N–H and O–H groups in total. The summed E-state index contributed by atoms with van der Waals surface area (Å²) >= 11 is 7.57. The van der Waals surface area contributed by atoms with E-state index in [9.17, 15) is 0 Å². The van der Waals surface area contributed by atoms with Crippen LogP contribution in [0.4, 0.5) is 0 Å². The molecule has 0 radical (unpaired) electrons. The smallest absolute Gasteiger partial charge is 0.138 e. The number of halogens is 1.